The Bertz CT molecular complexity index is 1010. The van der Waals surface area contributed by atoms with E-state index in [2.05, 4.69) is 10.3 Å². The Morgan fingerprint density at radius 2 is 1.96 bits per heavy atom. The number of ether oxygens (including phenoxy) is 1. The van der Waals surface area contributed by atoms with E-state index in [4.69, 9.17) is 9.57 Å². The van der Waals surface area contributed by atoms with E-state index in [1.54, 1.807) is 13.2 Å². The summed E-state index contributed by atoms with van der Waals surface area (Å²) >= 11 is 0. The Kier molecular flexibility index (Phi) is 5.10. The van der Waals surface area contributed by atoms with E-state index in [0.29, 0.717) is 24.1 Å². The summed E-state index contributed by atoms with van der Waals surface area (Å²) in [5, 5.41) is 7.94. The second-order valence-corrected chi connectivity index (χ2v) is 7.99. The van der Waals surface area contributed by atoms with Gasteiger partial charge in [0.2, 0.25) is 10.0 Å². The van der Waals surface area contributed by atoms with Crippen LogP contribution in [0.5, 0.6) is 5.75 Å². The number of rotatable bonds is 7. The third-order valence-corrected chi connectivity index (χ3v) is 5.71. The van der Waals surface area contributed by atoms with Crippen LogP contribution >= 0.6 is 0 Å². The van der Waals surface area contributed by atoms with Crippen LogP contribution in [0.2, 0.25) is 0 Å². The first kappa shape index (κ1) is 18.2. The Hall–Kier alpha value is -2.65. The highest BCUT2D eigenvalue weighted by Crippen LogP contribution is 2.19. The molecule has 9 heteroatoms. The summed E-state index contributed by atoms with van der Waals surface area (Å²) in [7, 11) is 1.05. The van der Waals surface area contributed by atoms with Gasteiger partial charge >= 0.3 is 0 Å². The molecule has 138 valence electrons. The van der Waals surface area contributed by atoms with Gasteiger partial charge in [-0.25, -0.2) is 12.7 Å². The molecule has 2 aromatic carbocycles. The monoisotopic (exact) mass is 376 g/mol. The van der Waals surface area contributed by atoms with Crippen molar-refractivity contribution in [2.24, 2.45) is 0 Å². The van der Waals surface area contributed by atoms with E-state index in [0.717, 1.165) is 15.6 Å². The molecular formula is C17H20N4O4S. The number of hydrogen-bond donors (Lipinski definition) is 0. The lowest BCUT2D eigenvalue weighted by atomic mass is 10.1. The van der Waals surface area contributed by atoms with Crippen LogP contribution in [0.3, 0.4) is 0 Å². The second kappa shape index (κ2) is 7.30. The maximum atomic E-state index is 12.3. The van der Waals surface area contributed by atoms with Crippen molar-refractivity contribution < 1.29 is 18.0 Å². The lowest BCUT2D eigenvalue weighted by Crippen LogP contribution is -2.22. The summed E-state index contributed by atoms with van der Waals surface area (Å²) in [6.45, 7) is 0.357. The molecule has 0 fully saturated rings. The molecule has 0 spiro atoms. The third-order valence-electron chi connectivity index (χ3n) is 3.90. The van der Waals surface area contributed by atoms with E-state index in [-0.39, 0.29) is 4.90 Å². The fourth-order valence-corrected chi connectivity index (χ4v) is 3.34. The smallest absolute Gasteiger partial charge is 0.242 e. The van der Waals surface area contributed by atoms with Crippen molar-refractivity contribution in [3.05, 3.63) is 48.0 Å². The van der Waals surface area contributed by atoms with Crippen LogP contribution < -0.4 is 9.57 Å². The Balaban J connectivity index is 1.78. The summed E-state index contributed by atoms with van der Waals surface area (Å²) in [5.74, 6) is 0.784. The second-order valence-electron chi connectivity index (χ2n) is 5.84. The predicted octanol–water partition coefficient (Wildman–Crippen LogP) is 1.36. The summed E-state index contributed by atoms with van der Waals surface area (Å²) < 4.78 is 30.9. The highest BCUT2D eigenvalue weighted by molar-refractivity contribution is 7.89. The summed E-state index contributed by atoms with van der Waals surface area (Å²) in [5.41, 5.74) is 2.12. The van der Waals surface area contributed by atoms with Crippen LogP contribution in [0, 0.1) is 0 Å². The molecular weight excluding hydrogens is 356 g/mol. The number of sulfonamides is 1. The molecule has 0 bridgehead atoms. The average molecular weight is 376 g/mol. The van der Waals surface area contributed by atoms with Gasteiger partial charge in [0.1, 0.15) is 23.4 Å². The standard InChI is InChI=1S/C17H20N4O4S/c1-20(2)26(22,23)15-7-8-16-17(12-15)21(19-18-16)25-10-9-13-5-4-6-14(11-13)24-3/h4-8,11-12H,9-10H2,1-3H3. The van der Waals surface area contributed by atoms with Crippen molar-refractivity contribution >= 4 is 21.1 Å². The van der Waals surface area contributed by atoms with E-state index in [1.807, 2.05) is 24.3 Å². The molecule has 0 unspecified atom stereocenters. The van der Waals surface area contributed by atoms with Crippen molar-refractivity contribution in [3.63, 3.8) is 0 Å². The van der Waals surface area contributed by atoms with Crippen molar-refractivity contribution in [2.45, 2.75) is 11.3 Å². The maximum absolute atomic E-state index is 12.3. The van der Waals surface area contributed by atoms with Crippen LogP contribution in [-0.4, -0.2) is 55.7 Å². The Labute approximate surface area is 151 Å². The Morgan fingerprint density at radius 3 is 2.69 bits per heavy atom. The van der Waals surface area contributed by atoms with Gasteiger partial charge in [-0.3, -0.25) is 0 Å². The number of nitrogens with zero attached hydrogens (tertiary/aromatic N) is 4. The molecule has 0 atom stereocenters. The molecule has 1 heterocycles. The largest absolute Gasteiger partial charge is 0.497 e. The molecule has 0 aliphatic carbocycles. The highest BCUT2D eigenvalue weighted by Gasteiger charge is 2.19. The summed E-state index contributed by atoms with van der Waals surface area (Å²) in [4.78, 5) is 7.07. The van der Waals surface area contributed by atoms with Gasteiger partial charge in [0.25, 0.3) is 0 Å². The predicted molar refractivity (Wildman–Crippen MR) is 96.5 cm³/mol. The molecule has 0 radical (unpaired) electrons. The fraction of sp³-hybridized carbons (Fsp3) is 0.294. The quantitative estimate of drug-likeness (QED) is 0.619. The van der Waals surface area contributed by atoms with Gasteiger partial charge in [-0.05, 0) is 41.1 Å². The molecule has 1 aromatic heterocycles. The molecule has 0 saturated heterocycles. The van der Waals surface area contributed by atoms with Crippen molar-refractivity contribution in [2.75, 3.05) is 27.8 Å². The lowest BCUT2D eigenvalue weighted by Gasteiger charge is -2.11. The van der Waals surface area contributed by atoms with E-state index in [1.165, 1.54) is 31.1 Å². The van der Waals surface area contributed by atoms with Crippen molar-refractivity contribution in [1.82, 2.24) is 19.5 Å². The van der Waals surface area contributed by atoms with Crippen molar-refractivity contribution in [1.29, 1.82) is 0 Å². The van der Waals surface area contributed by atoms with Gasteiger partial charge in [-0.2, -0.15) is 0 Å². The minimum Gasteiger partial charge on any atom is -0.497 e. The highest BCUT2D eigenvalue weighted by atomic mass is 32.2. The van der Waals surface area contributed by atoms with Crippen LogP contribution in [0.15, 0.2) is 47.4 Å². The zero-order valence-corrected chi connectivity index (χ0v) is 15.6. The first-order valence-corrected chi connectivity index (χ1v) is 9.40. The number of benzene rings is 2. The molecule has 8 nitrogen and oxygen atoms in total. The molecule has 0 aliphatic rings. The summed E-state index contributed by atoms with van der Waals surface area (Å²) in [6, 6.07) is 12.3. The SMILES string of the molecule is COc1cccc(CCOn2nnc3ccc(S(=O)(=O)N(C)C)cc32)c1. The molecule has 3 aromatic rings. The minimum absolute atomic E-state index is 0.162. The van der Waals surface area contributed by atoms with Gasteiger partial charge in [-0.1, -0.05) is 17.0 Å². The van der Waals surface area contributed by atoms with Gasteiger partial charge in [-0.15, -0.1) is 5.10 Å². The topological polar surface area (TPSA) is 86.5 Å². The minimum atomic E-state index is -3.54. The molecule has 3 rings (SSSR count). The number of hydrogen-bond acceptors (Lipinski definition) is 6. The van der Waals surface area contributed by atoms with Gasteiger partial charge in [0.15, 0.2) is 0 Å². The first-order chi connectivity index (χ1) is 12.4. The average Bonchev–Trinajstić information content (AvgIpc) is 3.04. The van der Waals surface area contributed by atoms with Crippen LogP contribution in [0.1, 0.15) is 5.56 Å². The Morgan fingerprint density at radius 1 is 1.15 bits per heavy atom. The molecule has 0 N–H and O–H groups in total. The van der Waals surface area contributed by atoms with Crippen LogP contribution in [-0.2, 0) is 16.4 Å². The first-order valence-electron chi connectivity index (χ1n) is 7.96. The lowest BCUT2D eigenvalue weighted by molar-refractivity contribution is 0.0897. The number of aromatic nitrogens is 3. The normalized spacial score (nSPS) is 11.8. The van der Waals surface area contributed by atoms with E-state index >= 15 is 0 Å². The maximum Gasteiger partial charge on any atom is 0.242 e. The van der Waals surface area contributed by atoms with E-state index in [9.17, 15) is 8.42 Å². The molecule has 26 heavy (non-hydrogen) atoms. The zero-order chi connectivity index (χ0) is 18.7. The van der Waals surface area contributed by atoms with E-state index < -0.39 is 10.0 Å². The summed E-state index contributed by atoms with van der Waals surface area (Å²) in [6.07, 6.45) is 0.647. The molecule has 0 aliphatic heterocycles. The van der Waals surface area contributed by atoms with Gasteiger partial charge in [0.05, 0.1) is 12.0 Å². The van der Waals surface area contributed by atoms with Crippen molar-refractivity contribution in [3.8, 4) is 5.75 Å². The number of fused-ring (bicyclic) bond motifs is 1. The van der Waals surface area contributed by atoms with Crippen LogP contribution in [0.25, 0.3) is 11.0 Å². The van der Waals surface area contributed by atoms with Gasteiger partial charge in [0, 0.05) is 20.5 Å². The molecule has 0 saturated carbocycles. The third kappa shape index (κ3) is 3.63. The molecule has 0 amide bonds. The van der Waals surface area contributed by atoms with Crippen LogP contribution in [0.4, 0.5) is 0 Å². The van der Waals surface area contributed by atoms with Gasteiger partial charge < -0.3 is 9.57 Å². The number of methoxy groups -OCH3 is 1. The zero-order valence-electron chi connectivity index (χ0n) is 14.8. The fourth-order valence-electron chi connectivity index (χ4n) is 2.42.